The van der Waals surface area contributed by atoms with Gasteiger partial charge in [0.05, 0.1) is 11.3 Å². The molecular weight excluding hydrogens is 327 g/mol. The number of benzene rings is 1. The van der Waals surface area contributed by atoms with E-state index >= 15 is 0 Å². The summed E-state index contributed by atoms with van der Waals surface area (Å²) in [6.45, 7) is 5.69. The average Bonchev–Trinajstić information content (AvgIpc) is 3.32. The Labute approximate surface area is 145 Å². The summed E-state index contributed by atoms with van der Waals surface area (Å²) in [5.74, 6) is 0.545. The van der Waals surface area contributed by atoms with Crippen LogP contribution in [-0.4, -0.2) is 25.9 Å². The first kappa shape index (κ1) is 17.0. The smallest absolute Gasteiger partial charge is 0.233 e. The molecule has 0 saturated heterocycles. The van der Waals surface area contributed by atoms with E-state index in [0.717, 1.165) is 29.4 Å². The summed E-state index contributed by atoms with van der Waals surface area (Å²) in [7, 11) is 0. The van der Waals surface area contributed by atoms with Crippen molar-refractivity contribution < 1.29 is 9.18 Å². The van der Waals surface area contributed by atoms with Gasteiger partial charge >= 0.3 is 0 Å². The van der Waals surface area contributed by atoms with Gasteiger partial charge in [-0.1, -0.05) is 23.9 Å². The number of aryl methyl sites for hydroxylation is 1. The van der Waals surface area contributed by atoms with Crippen LogP contribution in [0.2, 0.25) is 0 Å². The Morgan fingerprint density at radius 3 is 2.58 bits per heavy atom. The highest BCUT2D eigenvalue weighted by Crippen LogP contribution is 2.39. The molecule has 1 amide bonds. The molecule has 0 radical (unpaired) electrons. The quantitative estimate of drug-likeness (QED) is 0.813. The van der Waals surface area contributed by atoms with Gasteiger partial charge in [-0.3, -0.25) is 4.79 Å². The van der Waals surface area contributed by atoms with Crippen molar-refractivity contribution in [3.63, 3.8) is 0 Å². The van der Waals surface area contributed by atoms with Gasteiger partial charge in [0.1, 0.15) is 11.6 Å². The molecule has 1 aliphatic rings. The largest absolute Gasteiger partial charge is 0.349 e. The van der Waals surface area contributed by atoms with E-state index in [9.17, 15) is 9.18 Å². The average molecular weight is 348 g/mol. The number of carbonyl (C=O) groups is 1. The molecule has 0 unspecified atom stereocenters. The number of nitrogens with zero attached hydrogens (tertiary/aromatic N) is 3. The molecule has 1 aromatic carbocycles. The number of nitrogens with one attached hydrogen (secondary N) is 1. The van der Waals surface area contributed by atoms with Crippen molar-refractivity contribution in [1.29, 1.82) is 0 Å². The maximum absolute atomic E-state index is 13.0. The number of amides is 1. The third-order valence-corrected chi connectivity index (χ3v) is 5.18. The molecule has 2 atom stereocenters. The minimum absolute atomic E-state index is 0.0696. The van der Waals surface area contributed by atoms with Gasteiger partial charge in [-0.25, -0.2) is 4.39 Å². The fourth-order valence-electron chi connectivity index (χ4n) is 2.56. The first-order valence-corrected chi connectivity index (χ1v) is 8.97. The summed E-state index contributed by atoms with van der Waals surface area (Å²) in [5, 5.41) is 11.8. The third-order valence-electron chi connectivity index (χ3n) is 4.13. The SMILES string of the molecule is Cc1nnc(S[C@H](C)C(=O)N[C@H](C)c2ccc(F)cc2)n1C1CC1. The van der Waals surface area contributed by atoms with Crippen LogP contribution >= 0.6 is 11.8 Å². The van der Waals surface area contributed by atoms with Crippen LogP contribution in [0.15, 0.2) is 29.4 Å². The molecule has 1 heterocycles. The number of carbonyl (C=O) groups excluding carboxylic acids is 1. The van der Waals surface area contributed by atoms with Crippen LogP contribution in [0.4, 0.5) is 4.39 Å². The second kappa shape index (κ2) is 6.93. The molecule has 5 nitrogen and oxygen atoms in total. The maximum atomic E-state index is 13.0. The summed E-state index contributed by atoms with van der Waals surface area (Å²) in [6, 6.07) is 6.48. The zero-order chi connectivity index (χ0) is 17.3. The van der Waals surface area contributed by atoms with Gasteiger partial charge in [0.15, 0.2) is 5.16 Å². The second-order valence-electron chi connectivity index (χ2n) is 6.17. The fourth-order valence-corrected chi connectivity index (χ4v) is 3.53. The van der Waals surface area contributed by atoms with Gasteiger partial charge in [-0.15, -0.1) is 10.2 Å². The number of thioether (sulfide) groups is 1. The summed E-state index contributed by atoms with van der Waals surface area (Å²) in [5.41, 5.74) is 0.874. The number of hydrogen-bond acceptors (Lipinski definition) is 4. The van der Waals surface area contributed by atoms with Crippen LogP contribution in [0.25, 0.3) is 0 Å². The van der Waals surface area contributed by atoms with E-state index < -0.39 is 0 Å². The molecule has 24 heavy (non-hydrogen) atoms. The van der Waals surface area contributed by atoms with Crippen LogP contribution in [-0.2, 0) is 4.79 Å². The lowest BCUT2D eigenvalue weighted by Gasteiger charge is -2.18. The van der Waals surface area contributed by atoms with Gasteiger partial charge in [-0.05, 0) is 51.3 Å². The Morgan fingerprint density at radius 2 is 1.96 bits per heavy atom. The minimum atomic E-state index is -0.283. The Kier molecular flexibility index (Phi) is 4.89. The van der Waals surface area contributed by atoms with Crippen molar-refractivity contribution in [2.75, 3.05) is 0 Å². The van der Waals surface area contributed by atoms with Crippen LogP contribution < -0.4 is 5.32 Å². The van der Waals surface area contributed by atoms with Gasteiger partial charge in [-0.2, -0.15) is 0 Å². The highest BCUT2D eigenvalue weighted by Gasteiger charge is 2.30. The number of rotatable bonds is 6. The molecular formula is C17H21FN4OS. The molecule has 128 valence electrons. The Hall–Kier alpha value is -1.89. The van der Waals surface area contributed by atoms with E-state index in [2.05, 4.69) is 20.1 Å². The Balaban J connectivity index is 1.61. The third kappa shape index (κ3) is 3.77. The van der Waals surface area contributed by atoms with Crippen LogP contribution in [0.1, 0.15) is 50.2 Å². The van der Waals surface area contributed by atoms with Crippen molar-refractivity contribution >= 4 is 17.7 Å². The van der Waals surface area contributed by atoms with E-state index in [4.69, 9.17) is 0 Å². The minimum Gasteiger partial charge on any atom is -0.349 e. The monoisotopic (exact) mass is 348 g/mol. The van der Waals surface area contributed by atoms with Crippen molar-refractivity contribution in [2.45, 2.75) is 56.1 Å². The predicted molar refractivity (Wildman–Crippen MR) is 91.3 cm³/mol. The number of halogens is 1. The summed E-state index contributed by atoms with van der Waals surface area (Å²) < 4.78 is 15.1. The summed E-state index contributed by atoms with van der Waals surface area (Å²) >= 11 is 1.42. The predicted octanol–water partition coefficient (Wildman–Crippen LogP) is 3.42. The molecule has 1 saturated carbocycles. The Bertz CT molecular complexity index is 727. The molecule has 0 aliphatic heterocycles. The second-order valence-corrected chi connectivity index (χ2v) is 7.48. The fraction of sp³-hybridized carbons (Fsp3) is 0.471. The molecule has 0 bridgehead atoms. The normalized spacial score (nSPS) is 16.7. The maximum Gasteiger partial charge on any atom is 0.233 e. The van der Waals surface area contributed by atoms with Crippen LogP contribution in [0.5, 0.6) is 0 Å². The first-order chi connectivity index (χ1) is 11.5. The van der Waals surface area contributed by atoms with Gasteiger partial charge in [0.25, 0.3) is 0 Å². The Morgan fingerprint density at radius 1 is 1.29 bits per heavy atom. The zero-order valence-corrected chi connectivity index (χ0v) is 14.8. The summed E-state index contributed by atoms with van der Waals surface area (Å²) in [6.07, 6.45) is 2.29. The standard InChI is InChI=1S/C17H21FN4OS/c1-10(13-4-6-14(18)7-5-13)19-16(23)11(2)24-17-21-20-12(3)22(17)15-8-9-15/h4-7,10-11,15H,8-9H2,1-3H3,(H,19,23)/t10-,11-/m1/s1. The van der Waals surface area contributed by atoms with E-state index in [1.54, 1.807) is 12.1 Å². The van der Waals surface area contributed by atoms with E-state index in [-0.39, 0.29) is 23.0 Å². The van der Waals surface area contributed by atoms with Crippen molar-refractivity contribution in [2.24, 2.45) is 0 Å². The zero-order valence-electron chi connectivity index (χ0n) is 14.0. The molecule has 1 N–H and O–H groups in total. The lowest BCUT2D eigenvalue weighted by Crippen LogP contribution is -2.33. The molecule has 1 fully saturated rings. The number of aromatic nitrogens is 3. The molecule has 1 aliphatic carbocycles. The van der Waals surface area contributed by atoms with Crippen LogP contribution in [0.3, 0.4) is 0 Å². The molecule has 3 rings (SSSR count). The highest BCUT2D eigenvalue weighted by atomic mass is 32.2. The van der Waals surface area contributed by atoms with E-state index in [1.807, 2.05) is 20.8 Å². The van der Waals surface area contributed by atoms with E-state index in [1.165, 1.54) is 23.9 Å². The van der Waals surface area contributed by atoms with Crippen molar-refractivity contribution in [1.82, 2.24) is 20.1 Å². The van der Waals surface area contributed by atoms with E-state index in [0.29, 0.717) is 6.04 Å². The summed E-state index contributed by atoms with van der Waals surface area (Å²) in [4.78, 5) is 12.4. The molecule has 2 aromatic rings. The van der Waals surface area contributed by atoms with Crippen molar-refractivity contribution in [3.05, 3.63) is 41.5 Å². The molecule has 0 spiro atoms. The topological polar surface area (TPSA) is 59.8 Å². The number of hydrogen-bond donors (Lipinski definition) is 1. The van der Waals surface area contributed by atoms with Gasteiger partial charge in [0, 0.05) is 6.04 Å². The molecule has 1 aromatic heterocycles. The first-order valence-electron chi connectivity index (χ1n) is 8.09. The highest BCUT2D eigenvalue weighted by molar-refractivity contribution is 8.00. The van der Waals surface area contributed by atoms with Gasteiger partial charge < -0.3 is 9.88 Å². The van der Waals surface area contributed by atoms with Crippen LogP contribution in [0, 0.1) is 12.7 Å². The molecule has 7 heteroatoms. The lowest BCUT2D eigenvalue weighted by molar-refractivity contribution is -0.120. The van der Waals surface area contributed by atoms with Crippen molar-refractivity contribution in [3.8, 4) is 0 Å². The van der Waals surface area contributed by atoms with Gasteiger partial charge in [0.2, 0.25) is 5.91 Å². The lowest BCUT2D eigenvalue weighted by atomic mass is 10.1.